The Morgan fingerprint density at radius 3 is 1.64 bits per heavy atom. The lowest BCUT2D eigenvalue weighted by atomic mass is 10.1. The lowest BCUT2D eigenvalue weighted by molar-refractivity contribution is -0.137. The van der Waals surface area contributed by atoms with E-state index in [1.807, 2.05) is 60.7 Å². The average molecular weight is 380 g/mol. The van der Waals surface area contributed by atoms with Crippen molar-refractivity contribution in [2.75, 3.05) is 0 Å². The van der Waals surface area contributed by atoms with Crippen LogP contribution in [0.1, 0.15) is 11.1 Å². The Kier molecular flexibility index (Phi) is 4.90. The molecule has 0 aliphatic carbocycles. The summed E-state index contributed by atoms with van der Waals surface area (Å²) >= 11 is 7.15. The molecular weight excluding hydrogens is 364 g/mol. The summed E-state index contributed by atoms with van der Waals surface area (Å²) in [5.74, 6) is 0. The highest BCUT2D eigenvalue weighted by Crippen LogP contribution is 2.60. The second kappa shape index (κ2) is 6.82. The maximum Gasteiger partial charge on any atom is 0.416 e. The average Bonchev–Trinajstić information content (AvgIpc) is 2.61. The number of hydrogen-bond donors (Lipinski definition) is 0. The number of rotatable bonds is 3. The van der Waals surface area contributed by atoms with Crippen LogP contribution >= 0.6 is 17.9 Å². The summed E-state index contributed by atoms with van der Waals surface area (Å²) < 4.78 is 39.9. The molecule has 0 aliphatic rings. The van der Waals surface area contributed by atoms with E-state index in [1.165, 1.54) is 6.07 Å². The Balaban J connectivity index is 2.29. The van der Waals surface area contributed by atoms with Crippen LogP contribution in [0.25, 0.3) is 0 Å². The predicted molar refractivity (Wildman–Crippen MR) is 101 cm³/mol. The fraction of sp³-hybridized carbons (Fsp3) is 0.100. The van der Waals surface area contributed by atoms with Gasteiger partial charge in [0, 0.05) is 0 Å². The fourth-order valence-electron chi connectivity index (χ4n) is 2.82. The van der Waals surface area contributed by atoms with Gasteiger partial charge in [0.25, 0.3) is 0 Å². The van der Waals surface area contributed by atoms with Crippen LogP contribution < -0.4 is 15.9 Å². The molecule has 0 bridgehead atoms. The molecule has 0 atom stereocenters. The Hall–Kier alpha value is -1.83. The second-order valence-corrected chi connectivity index (χ2v) is 10.1. The van der Waals surface area contributed by atoms with Gasteiger partial charge in [-0.1, -0.05) is 36.4 Å². The molecule has 0 radical (unpaired) electrons. The molecule has 25 heavy (non-hydrogen) atoms. The summed E-state index contributed by atoms with van der Waals surface area (Å²) in [4.78, 5) is 0. The van der Waals surface area contributed by atoms with Crippen LogP contribution in [0.5, 0.6) is 0 Å². The minimum Gasteiger partial charge on any atom is -0.166 e. The molecule has 3 rings (SSSR count). The minimum atomic E-state index is -4.41. The van der Waals surface area contributed by atoms with E-state index < -0.39 is 18.4 Å². The molecule has 3 aromatic carbocycles. The van der Waals surface area contributed by atoms with E-state index in [9.17, 15) is 13.2 Å². The summed E-state index contributed by atoms with van der Waals surface area (Å²) in [6, 6.07) is 22.8. The highest BCUT2D eigenvalue weighted by Gasteiger charge is 2.46. The molecule has 0 saturated carbocycles. The smallest absolute Gasteiger partial charge is 0.166 e. The zero-order valence-corrected chi connectivity index (χ0v) is 15.1. The summed E-state index contributed by atoms with van der Waals surface area (Å²) in [6.07, 6.45) is -4.41. The van der Waals surface area contributed by atoms with Gasteiger partial charge in [0.1, 0.15) is 27.2 Å². The predicted octanol–water partition coefficient (Wildman–Crippen LogP) is 5.46. The first-order chi connectivity index (χ1) is 11.8. The standard InChI is InChI=1S/C20H16ClF3P/c1-15-12-16(20(22,23)24)14-19(13-15)25(21,17-8-4-2-5-9-17)18-10-6-3-7-11-18/h2-14H,1H3/q+1. The van der Waals surface area contributed by atoms with E-state index in [0.29, 0.717) is 10.9 Å². The largest absolute Gasteiger partial charge is 0.416 e. The second-order valence-electron chi connectivity index (χ2n) is 5.82. The van der Waals surface area contributed by atoms with E-state index in [-0.39, 0.29) is 0 Å². The van der Waals surface area contributed by atoms with Crippen LogP contribution in [-0.2, 0) is 6.18 Å². The van der Waals surface area contributed by atoms with Gasteiger partial charge in [0.2, 0.25) is 6.62 Å². The molecule has 5 heteroatoms. The molecular formula is C20H16ClF3P+. The fourth-order valence-corrected chi connectivity index (χ4v) is 6.55. The molecule has 0 heterocycles. The Morgan fingerprint density at radius 2 is 1.20 bits per heavy atom. The molecule has 0 spiro atoms. The van der Waals surface area contributed by atoms with Crippen molar-refractivity contribution in [2.45, 2.75) is 13.1 Å². The van der Waals surface area contributed by atoms with Crippen LogP contribution in [0, 0.1) is 6.92 Å². The first kappa shape index (κ1) is 18.0. The normalized spacial score (nSPS) is 12.2. The summed E-state index contributed by atoms with van der Waals surface area (Å²) in [5, 5.41) is 2.18. The van der Waals surface area contributed by atoms with Gasteiger partial charge in [-0.3, -0.25) is 0 Å². The van der Waals surface area contributed by atoms with E-state index in [1.54, 1.807) is 13.0 Å². The van der Waals surface area contributed by atoms with Crippen LogP contribution in [0.3, 0.4) is 0 Å². The molecule has 0 aliphatic heterocycles. The lowest BCUT2D eigenvalue weighted by Gasteiger charge is -2.20. The maximum atomic E-state index is 13.3. The zero-order valence-electron chi connectivity index (χ0n) is 13.5. The van der Waals surface area contributed by atoms with Crippen molar-refractivity contribution in [1.82, 2.24) is 0 Å². The summed E-state index contributed by atoms with van der Waals surface area (Å²) in [6.45, 7) is -1.01. The Bertz CT molecular complexity index is 822. The first-order valence-corrected chi connectivity index (χ1v) is 10.4. The molecule has 0 N–H and O–H groups in total. The third kappa shape index (κ3) is 3.58. The van der Waals surface area contributed by atoms with Gasteiger partial charge in [0.05, 0.1) is 5.56 Å². The summed E-state index contributed by atoms with van der Waals surface area (Å²) in [5.41, 5.74) is -0.124. The highest BCUT2D eigenvalue weighted by molar-refractivity contribution is 8.14. The van der Waals surface area contributed by atoms with Crippen LogP contribution in [0.15, 0.2) is 78.9 Å². The number of benzene rings is 3. The highest BCUT2D eigenvalue weighted by atomic mass is 35.7. The maximum absolute atomic E-state index is 13.3. The van der Waals surface area contributed by atoms with E-state index in [0.717, 1.165) is 16.7 Å². The topological polar surface area (TPSA) is 0 Å². The van der Waals surface area contributed by atoms with Crippen molar-refractivity contribution < 1.29 is 13.2 Å². The van der Waals surface area contributed by atoms with Gasteiger partial charge in [-0.2, -0.15) is 13.2 Å². The molecule has 0 aromatic heterocycles. The molecule has 128 valence electrons. The van der Waals surface area contributed by atoms with Gasteiger partial charge in [-0.25, -0.2) is 0 Å². The number of alkyl halides is 3. The Morgan fingerprint density at radius 1 is 0.720 bits per heavy atom. The molecule has 3 aromatic rings. The van der Waals surface area contributed by atoms with Gasteiger partial charge in [-0.05, 0) is 55.0 Å². The minimum absolute atomic E-state index is 0.513. The molecule has 0 unspecified atom stereocenters. The van der Waals surface area contributed by atoms with Crippen molar-refractivity contribution >= 4 is 33.8 Å². The number of halogens is 4. The molecule has 0 saturated heterocycles. The Labute approximate surface area is 150 Å². The molecule has 0 nitrogen and oxygen atoms in total. The molecule has 0 fully saturated rings. The van der Waals surface area contributed by atoms with Crippen molar-refractivity contribution in [3.63, 3.8) is 0 Å². The quantitative estimate of drug-likeness (QED) is 0.530. The van der Waals surface area contributed by atoms with Gasteiger partial charge < -0.3 is 0 Å². The van der Waals surface area contributed by atoms with Crippen LogP contribution in [-0.4, -0.2) is 0 Å². The number of hydrogen-bond acceptors (Lipinski definition) is 0. The van der Waals surface area contributed by atoms with Gasteiger partial charge >= 0.3 is 6.18 Å². The van der Waals surface area contributed by atoms with Crippen molar-refractivity contribution in [1.29, 1.82) is 0 Å². The van der Waals surface area contributed by atoms with E-state index in [2.05, 4.69) is 0 Å². The van der Waals surface area contributed by atoms with Crippen LogP contribution in [0.2, 0.25) is 0 Å². The molecule has 0 amide bonds. The monoisotopic (exact) mass is 379 g/mol. The summed E-state index contributed by atoms with van der Waals surface area (Å²) in [7, 11) is 0. The van der Waals surface area contributed by atoms with Gasteiger partial charge in [-0.15, -0.1) is 0 Å². The zero-order chi connectivity index (χ0) is 18.1. The van der Waals surface area contributed by atoms with Gasteiger partial charge in [0.15, 0.2) is 0 Å². The third-order valence-electron chi connectivity index (χ3n) is 3.97. The first-order valence-electron chi connectivity index (χ1n) is 7.71. The SMILES string of the molecule is Cc1cc(C(F)(F)F)cc([P+](Cl)(c2ccccc2)c2ccccc2)c1. The van der Waals surface area contributed by atoms with Crippen molar-refractivity contribution in [3.8, 4) is 0 Å². The number of aryl methyl sites for hydroxylation is 1. The van der Waals surface area contributed by atoms with Crippen molar-refractivity contribution in [2.24, 2.45) is 0 Å². The van der Waals surface area contributed by atoms with E-state index in [4.69, 9.17) is 11.2 Å². The third-order valence-corrected chi connectivity index (χ3v) is 8.72. The van der Waals surface area contributed by atoms with Crippen molar-refractivity contribution in [3.05, 3.63) is 90.0 Å². The lowest BCUT2D eigenvalue weighted by Crippen LogP contribution is -2.28. The van der Waals surface area contributed by atoms with Crippen LogP contribution in [0.4, 0.5) is 13.2 Å². The van der Waals surface area contributed by atoms with E-state index >= 15 is 0 Å².